The highest BCUT2D eigenvalue weighted by molar-refractivity contribution is 9.10. The van der Waals surface area contributed by atoms with Crippen molar-refractivity contribution in [3.63, 3.8) is 0 Å². The van der Waals surface area contributed by atoms with Crippen molar-refractivity contribution in [2.75, 3.05) is 6.61 Å². The van der Waals surface area contributed by atoms with E-state index in [0.29, 0.717) is 24.4 Å². The molecule has 2 aromatic rings. The summed E-state index contributed by atoms with van der Waals surface area (Å²) in [7, 11) is 0. The molecule has 1 aromatic carbocycles. The molecule has 0 radical (unpaired) electrons. The number of hydrogen-bond acceptors (Lipinski definition) is 4. The maximum absolute atomic E-state index is 12.3. The number of aromatic hydroxyl groups is 1. The van der Waals surface area contributed by atoms with Gasteiger partial charge < -0.3 is 14.8 Å². The number of H-pyrrole nitrogens is 1. The van der Waals surface area contributed by atoms with Crippen molar-refractivity contribution in [1.82, 2.24) is 9.97 Å². The van der Waals surface area contributed by atoms with Crippen LogP contribution in [0.15, 0.2) is 33.5 Å². The zero-order chi connectivity index (χ0) is 15.4. The first-order valence-electron chi connectivity index (χ1n) is 6.77. The number of benzene rings is 1. The van der Waals surface area contributed by atoms with Crippen LogP contribution in [0, 0.1) is 0 Å². The van der Waals surface area contributed by atoms with Crippen LogP contribution in [0.2, 0.25) is 0 Å². The van der Waals surface area contributed by atoms with E-state index in [0.717, 1.165) is 4.47 Å². The van der Waals surface area contributed by atoms with Crippen LogP contribution in [0.3, 0.4) is 0 Å². The Morgan fingerprint density at radius 1 is 1.43 bits per heavy atom. The van der Waals surface area contributed by atoms with Crippen LogP contribution < -0.4 is 5.56 Å². The van der Waals surface area contributed by atoms with E-state index in [1.165, 1.54) is 0 Å². The third-order valence-corrected chi connectivity index (χ3v) is 3.57. The van der Waals surface area contributed by atoms with Crippen LogP contribution in [-0.2, 0) is 4.74 Å². The third kappa shape index (κ3) is 3.51. The van der Waals surface area contributed by atoms with Gasteiger partial charge in [0.25, 0.3) is 5.56 Å². The Bertz CT molecular complexity index is 685. The Balaban J connectivity index is 2.49. The van der Waals surface area contributed by atoms with E-state index in [4.69, 9.17) is 4.74 Å². The lowest BCUT2D eigenvalue weighted by atomic mass is 10.1. The molecule has 1 aromatic heterocycles. The van der Waals surface area contributed by atoms with Crippen LogP contribution >= 0.6 is 15.9 Å². The number of hydrogen-bond donors (Lipinski definition) is 2. The molecule has 21 heavy (non-hydrogen) atoms. The number of rotatable bonds is 5. The molecule has 0 amide bonds. The highest BCUT2D eigenvalue weighted by Gasteiger charge is 2.18. The number of nitrogens with zero attached hydrogens (tertiary/aromatic N) is 1. The summed E-state index contributed by atoms with van der Waals surface area (Å²) in [4.78, 5) is 19.1. The quantitative estimate of drug-likeness (QED) is 0.864. The smallest absolute Gasteiger partial charge is 0.262 e. The molecule has 6 heteroatoms. The molecule has 0 aliphatic carbocycles. The minimum Gasteiger partial charge on any atom is -0.493 e. The summed E-state index contributed by atoms with van der Waals surface area (Å²) in [6, 6.07) is 7.14. The van der Waals surface area contributed by atoms with E-state index < -0.39 is 0 Å². The molecule has 2 rings (SSSR count). The molecule has 0 saturated carbocycles. The van der Waals surface area contributed by atoms with Gasteiger partial charge in [0.2, 0.25) is 5.88 Å². The first-order chi connectivity index (χ1) is 10.1. The van der Waals surface area contributed by atoms with Crippen molar-refractivity contribution in [3.05, 3.63) is 44.9 Å². The van der Waals surface area contributed by atoms with E-state index >= 15 is 0 Å². The minimum absolute atomic E-state index is 0.159. The minimum atomic E-state index is -0.381. The lowest BCUT2D eigenvalue weighted by Crippen LogP contribution is -2.17. The van der Waals surface area contributed by atoms with Crippen molar-refractivity contribution < 1.29 is 9.84 Å². The lowest BCUT2D eigenvalue weighted by molar-refractivity contribution is 0.0529. The summed E-state index contributed by atoms with van der Waals surface area (Å²) in [5, 5.41) is 10.1. The predicted octanol–water partition coefficient (Wildman–Crippen LogP) is 3.39. The standard InChI is InChI=1S/C15H17BrN2O3/c1-3-11(21-4-2)13-17-14(19)12(15(20)18-13)9-6-5-7-10(16)8-9/h5-8,11H,3-4H2,1-2H3,(H2,17,18,19,20). The second kappa shape index (κ2) is 6.87. The Morgan fingerprint density at radius 3 is 2.76 bits per heavy atom. The van der Waals surface area contributed by atoms with Crippen molar-refractivity contribution in [1.29, 1.82) is 0 Å². The summed E-state index contributed by atoms with van der Waals surface area (Å²) < 4.78 is 6.32. The Hall–Kier alpha value is -1.66. The molecular formula is C15H17BrN2O3. The molecule has 1 unspecified atom stereocenters. The molecule has 0 aliphatic rings. The molecule has 0 bridgehead atoms. The second-order valence-corrected chi connectivity index (χ2v) is 5.43. The predicted molar refractivity (Wildman–Crippen MR) is 84.3 cm³/mol. The summed E-state index contributed by atoms with van der Waals surface area (Å²) in [5.74, 6) is 0.0607. The molecule has 0 aliphatic heterocycles. The third-order valence-electron chi connectivity index (χ3n) is 3.08. The SMILES string of the molecule is CCOC(CC)c1nc(O)c(-c2cccc(Br)c2)c(=O)[nH]1. The summed E-state index contributed by atoms with van der Waals surface area (Å²) >= 11 is 3.34. The summed E-state index contributed by atoms with van der Waals surface area (Å²) in [6.45, 7) is 4.31. The van der Waals surface area contributed by atoms with E-state index in [1.54, 1.807) is 18.2 Å². The molecule has 0 fully saturated rings. The first kappa shape index (κ1) is 15.7. The molecule has 2 N–H and O–H groups in total. The topological polar surface area (TPSA) is 75.2 Å². The fourth-order valence-corrected chi connectivity index (χ4v) is 2.53. The molecule has 5 nitrogen and oxygen atoms in total. The van der Waals surface area contributed by atoms with Gasteiger partial charge in [-0.05, 0) is 31.0 Å². The molecule has 112 valence electrons. The van der Waals surface area contributed by atoms with Crippen molar-refractivity contribution in [3.8, 4) is 17.0 Å². The number of aromatic amines is 1. The molecule has 1 atom stereocenters. The average molecular weight is 353 g/mol. The second-order valence-electron chi connectivity index (χ2n) is 4.51. The maximum atomic E-state index is 12.3. The Kier molecular flexibility index (Phi) is 5.14. The molecular weight excluding hydrogens is 336 g/mol. The van der Waals surface area contributed by atoms with Gasteiger partial charge in [-0.3, -0.25) is 4.79 Å². The molecule has 0 spiro atoms. The van der Waals surface area contributed by atoms with E-state index in [1.807, 2.05) is 19.9 Å². The van der Waals surface area contributed by atoms with Gasteiger partial charge >= 0.3 is 0 Å². The zero-order valence-corrected chi connectivity index (χ0v) is 13.5. The van der Waals surface area contributed by atoms with Crippen molar-refractivity contribution in [2.45, 2.75) is 26.4 Å². The summed E-state index contributed by atoms with van der Waals surface area (Å²) in [6.07, 6.45) is 0.331. The van der Waals surface area contributed by atoms with Gasteiger partial charge in [0.15, 0.2) is 0 Å². The number of nitrogens with one attached hydrogen (secondary N) is 1. The van der Waals surface area contributed by atoms with E-state index in [9.17, 15) is 9.90 Å². The zero-order valence-electron chi connectivity index (χ0n) is 11.9. The Morgan fingerprint density at radius 2 is 2.19 bits per heavy atom. The van der Waals surface area contributed by atoms with Crippen molar-refractivity contribution in [2.24, 2.45) is 0 Å². The maximum Gasteiger partial charge on any atom is 0.262 e. The van der Waals surface area contributed by atoms with Gasteiger partial charge in [-0.1, -0.05) is 35.0 Å². The van der Waals surface area contributed by atoms with Gasteiger partial charge in [-0.25, -0.2) is 0 Å². The van der Waals surface area contributed by atoms with Crippen LogP contribution in [-0.4, -0.2) is 21.7 Å². The lowest BCUT2D eigenvalue weighted by Gasteiger charge is -2.15. The monoisotopic (exact) mass is 352 g/mol. The largest absolute Gasteiger partial charge is 0.493 e. The van der Waals surface area contributed by atoms with Crippen molar-refractivity contribution >= 4 is 15.9 Å². The highest BCUT2D eigenvalue weighted by Crippen LogP contribution is 2.27. The van der Waals surface area contributed by atoms with Gasteiger partial charge in [-0.15, -0.1) is 0 Å². The highest BCUT2D eigenvalue weighted by atomic mass is 79.9. The Labute approximate surface area is 131 Å². The van der Waals surface area contributed by atoms with Crippen LogP contribution in [0.25, 0.3) is 11.1 Å². The molecule has 1 heterocycles. The van der Waals surface area contributed by atoms with Crippen LogP contribution in [0.5, 0.6) is 5.88 Å². The van der Waals surface area contributed by atoms with E-state index in [-0.39, 0.29) is 23.1 Å². The van der Waals surface area contributed by atoms with E-state index in [2.05, 4.69) is 25.9 Å². The van der Waals surface area contributed by atoms with Crippen LogP contribution in [0.1, 0.15) is 32.2 Å². The summed E-state index contributed by atoms with van der Waals surface area (Å²) in [5.41, 5.74) is 0.381. The average Bonchev–Trinajstić information content (AvgIpc) is 2.44. The number of halogens is 1. The van der Waals surface area contributed by atoms with Gasteiger partial charge in [0.1, 0.15) is 17.5 Å². The fourth-order valence-electron chi connectivity index (χ4n) is 2.13. The number of aromatic nitrogens is 2. The van der Waals surface area contributed by atoms with Gasteiger partial charge in [0.05, 0.1) is 0 Å². The first-order valence-corrected chi connectivity index (χ1v) is 7.56. The molecule has 0 saturated heterocycles. The van der Waals surface area contributed by atoms with Gasteiger partial charge in [0, 0.05) is 11.1 Å². The fraction of sp³-hybridized carbons (Fsp3) is 0.333. The van der Waals surface area contributed by atoms with Gasteiger partial charge in [-0.2, -0.15) is 4.98 Å². The van der Waals surface area contributed by atoms with Crippen LogP contribution in [0.4, 0.5) is 0 Å². The normalized spacial score (nSPS) is 12.3. The number of ether oxygens (including phenoxy) is 1.